The number of halogens is 6. The Morgan fingerprint density at radius 2 is 1.56 bits per heavy atom. The predicted molar refractivity (Wildman–Crippen MR) is 120 cm³/mol. The van der Waals surface area contributed by atoms with Crippen LogP contribution in [0.25, 0.3) is 32.6 Å². The van der Waals surface area contributed by atoms with Gasteiger partial charge in [0.25, 0.3) is 0 Å². The molecule has 3 heterocycles. The lowest BCUT2D eigenvalue weighted by Gasteiger charge is -2.25. The summed E-state index contributed by atoms with van der Waals surface area (Å²) in [4.78, 5) is 4.60. The fraction of sp³-hybridized carbons (Fsp3) is 0.240. The van der Waals surface area contributed by atoms with E-state index in [1.807, 2.05) is 0 Å². The van der Waals surface area contributed by atoms with Crippen LogP contribution in [0, 0.1) is 6.92 Å². The van der Waals surface area contributed by atoms with Crippen LogP contribution in [0.15, 0.2) is 59.3 Å². The molecule has 176 valence electrons. The Balaban J connectivity index is 1.89. The molecule has 1 aliphatic carbocycles. The molecule has 1 aromatic carbocycles. The first-order valence-corrected chi connectivity index (χ1v) is 11.2. The third kappa shape index (κ3) is 2.92. The lowest BCUT2D eigenvalue weighted by atomic mass is 9.92. The molecule has 0 unspecified atom stereocenters. The second kappa shape index (κ2) is 7.46. The zero-order valence-corrected chi connectivity index (χ0v) is 18.8. The summed E-state index contributed by atoms with van der Waals surface area (Å²) in [5, 5.41) is 0.0854. The molecule has 4 aromatic rings. The van der Waals surface area contributed by atoms with Crippen molar-refractivity contribution in [1.82, 2.24) is 4.98 Å². The van der Waals surface area contributed by atoms with Crippen LogP contribution in [-0.4, -0.2) is 22.8 Å². The molecular formula is C25H17F6NOS. The summed E-state index contributed by atoms with van der Waals surface area (Å²) in [7, 11) is 0. The Hall–Kier alpha value is -3.07. The van der Waals surface area contributed by atoms with Crippen molar-refractivity contribution in [2.75, 3.05) is 0 Å². The summed E-state index contributed by atoms with van der Waals surface area (Å²) in [5.41, 5.74) is -2.70. The number of pyridine rings is 1. The van der Waals surface area contributed by atoms with Crippen LogP contribution >= 0.6 is 11.3 Å². The molecule has 0 saturated carbocycles. The van der Waals surface area contributed by atoms with Crippen LogP contribution in [-0.2, 0) is 6.42 Å². The number of nitrogens with zero attached hydrogens (tertiary/aromatic N) is 1. The highest BCUT2D eigenvalue weighted by Gasteiger charge is 2.80. The maximum Gasteiger partial charge on any atom is 0.380 e. The molecule has 0 bridgehead atoms. The van der Waals surface area contributed by atoms with Gasteiger partial charge in [-0.2, -0.15) is 26.3 Å². The summed E-state index contributed by atoms with van der Waals surface area (Å²) < 4.78 is 96.5. The SMILES string of the molecule is CCc1oc2ccccc2c1C1=C(c2cc(-c3ccncc3)sc2C)C(F)(F)C(F)(F)C1(F)F. The second-order valence-corrected chi connectivity index (χ2v) is 9.30. The molecule has 1 aliphatic rings. The highest BCUT2D eigenvalue weighted by atomic mass is 32.1. The lowest BCUT2D eigenvalue weighted by molar-refractivity contribution is -0.254. The van der Waals surface area contributed by atoms with E-state index < -0.39 is 34.5 Å². The quantitative estimate of drug-likeness (QED) is 0.268. The van der Waals surface area contributed by atoms with E-state index in [0.717, 1.165) is 11.3 Å². The summed E-state index contributed by atoms with van der Waals surface area (Å²) >= 11 is 1.06. The Morgan fingerprint density at radius 3 is 2.24 bits per heavy atom. The average Bonchev–Trinajstić information content (AvgIpc) is 3.39. The van der Waals surface area contributed by atoms with Gasteiger partial charge >= 0.3 is 17.8 Å². The van der Waals surface area contributed by atoms with E-state index in [1.54, 1.807) is 25.1 Å². The molecule has 2 nitrogen and oxygen atoms in total. The number of alkyl halides is 6. The summed E-state index contributed by atoms with van der Waals surface area (Å²) in [6, 6.07) is 10.5. The number of para-hydroxylation sites is 1. The minimum atomic E-state index is -5.63. The lowest BCUT2D eigenvalue weighted by Crippen LogP contribution is -2.48. The number of furan rings is 1. The van der Waals surface area contributed by atoms with E-state index in [9.17, 15) is 8.78 Å². The summed E-state index contributed by atoms with van der Waals surface area (Å²) in [6.07, 6.45) is 3.04. The molecule has 3 aromatic heterocycles. The number of hydrogen-bond donors (Lipinski definition) is 0. The Morgan fingerprint density at radius 1 is 0.912 bits per heavy atom. The van der Waals surface area contributed by atoms with Crippen molar-refractivity contribution in [2.45, 2.75) is 38.0 Å². The molecule has 0 fully saturated rings. The fourth-order valence-electron chi connectivity index (χ4n) is 4.42. The van der Waals surface area contributed by atoms with E-state index >= 15 is 17.6 Å². The van der Waals surface area contributed by atoms with Crippen molar-refractivity contribution in [3.63, 3.8) is 0 Å². The van der Waals surface area contributed by atoms with Crippen molar-refractivity contribution >= 4 is 33.5 Å². The Bertz CT molecular complexity index is 1430. The topological polar surface area (TPSA) is 26.0 Å². The van der Waals surface area contributed by atoms with Crippen LogP contribution in [0.1, 0.15) is 28.7 Å². The highest BCUT2D eigenvalue weighted by Crippen LogP contribution is 2.66. The number of fused-ring (bicyclic) bond motifs is 1. The molecule has 5 rings (SSSR count). The van der Waals surface area contributed by atoms with E-state index in [0.29, 0.717) is 10.4 Å². The van der Waals surface area contributed by atoms with Crippen LogP contribution in [0.4, 0.5) is 26.3 Å². The van der Waals surface area contributed by atoms with Crippen molar-refractivity contribution < 1.29 is 30.8 Å². The van der Waals surface area contributed by atoms with E-state index in [2.05, 4.69) is 4.98 Å². The first-order chi connectivity index (χ1) is 16.0. The number of allylic oxidation sites excluding steroid dienone is 2. The first-order valence-electron chi connectivity index (χ1n) is 10.4. The van der Waals surface area contributed by atoms with Gasteiger partial charge in [0.2, 0.25) is 0 Å². The van der Waals surface area contributed by atoms with Crippen LogP contribution < -0.4 is 0 Å². The van der Waals surface area contributed by atoms with E-state index in [-0.39, 0.29) is 33.6 Å². The van der Waals surface area contributed by atoms with Crippen molar-refractivity contribution in [1.29, 1.82) is 0 Å². The molecule has 0 spiro atoms. The van der Waals surface area contributed by atoms with Crippen LogP contribution in [0.5, 0.6) is 0 Å². The van der Waals surface area contributed by atoms with Gasteiger partial charge in [-0.3, -0.25) is 4.98 Å². The molecule has 9 heteroatoms. The van der Waals surface area contributed by atoms with E-state index in [4.69, 9.17) is 4.42 Å². The molecule has 0 amide bonds. The molecular weight excluding hydrogens is 476 g/mol. The molecule has 0 atom stereocenters. The first kappa shape index (κ1) is 22.7. The van der Waals surface area contributed by atoms with Crippen LogP contribution in [0.2, 0.25) is 0 Å². The Kier molecular flexibility index (Phi) is 4.99. The van der Waals surface area contributed by atoms with Gasteiger partial charge < -0.3 is 4.42 Å². The normalized spacial score (nSPS) is 18.7. The van der Waals surface area contributed by atoms with Gasteiger partial charge in [-0.05, 0) is 42.3 Å². The van der Waals surface area contributed by atoms with Gasteiger partial charge in [-0.1, -0.05) is 25.1 Å². The van der Waals surface area contributed by atoms with E-state index in [1.165, 1.54) is 43.6 Å². The monoisotopic (exact) mass is 493 g/mol. The second-order valence-electron chi connectivity index (χ2n) is 8.04. The summed E-state index contributed by atoms with van der Waals surface area (Å²) in [6.45, 7) is 3.04. The van der Waals surface area contributed by atoms with Crippen molar-refractivity contribution in [2.24, 2.45) is 0 Å². The maximum atomic E-state index is 15.4. The maximum absolute atomic E-state index is 15.4. The Labute approximate surface area is 194 Å². The van der Waals surface area contributed by atoms with Gasteiger partial charge in [-0.15, -0.1) is 11.3 Å². The number of aryl methyl sites for hydroxylation is 2. The van der Waals surface area contributed by atoms with Gasteiger partial charge in [0.05, 0.1) is 0 Å². The average molecular weight is 493 g/mol. The van der Waals surface area contributed by atoms with Gasteiger partial charge in [0.1, 0.15) is 11.3 Å². The molecule has 0 N–H and O–H groups in total. The van der Waals surface area contributed by atoms with Crippen LogP contribution in [0.3, 0.4) is 0 Å². The molecule has 0 aliphatic heterocycles. The third-order valence-corrected chi connectivity index (χ3v) is 7.16. The molecule has 0 radical (unpaired) electrons. The fourth-order valence-corrected chi connectivity index (χ4v) is 5.45. The van der Waals surface area contributed by atoms with Gasteiger partial charge in [0, 0.05) is 50.7 Å². The van der Waals surface area contributed by atoms with Crippen molar-refractivity contribution in [3.05, 3.63) is 76.6 Å². The summed E-state index contributed by atoms with van der Waals surface area (Å²) in [5.74, 6) is -15.9. The number of rotatable bonds is 4. The van der Waals surface area contributed by atoms with Gasteiger partial charge in [0.15, 0.2) is 0 Å². The zero-order chi connectivity index (χ0) is 24.5. The third-order valence-electron chi connectivity index (χ3n) is 6.06. The van der Waals surface area contributed by atoms with Crippen molar-refractivity contribution in [3.8, 4) is 10.4 Å². The number of thiophene rings is 1. The minimum Gasteiger partial charge on any atom is -0.460 e. The highest BCUT2D eigenvalue weighted by molar-refractivity contribution is 7.15. The molecule has 0 saturated heterocycles. The predicted octanol–water partition coefficient (Wildman–Crippen LogP) is 8.26. The minimum absolute atomic E-state index is 0.0517. The van der Waals surface area contributed by atoms with Gasteiger partial charge in [-0.25, -0.2) is 0 Å². The number of hydrogen-bond acceptors (Lipinski definition) is 3. The zero-order valence-electron chi connectivity index (χ0n) is 17.9. The smallest absolute Gasteiger partial charge is 0.380 e. The standard InChI is InChI=1S/C25H17F6NOS/c1-3-17-20(15-6-4-5-7-18(15)33-17)22-21(23(26,27)25(30,31)24(22,28)29)16-12-19(34-13(16)2)14-8-10-32-11-9-14/h4-12H,3H2,1-2H3. The largest absolute Gasteiger partial charge is 0.460 e. The number of benzene rings is 1. The number of aromatic nitrogens is 1. The molecule has 34 heavy (non-hydrogen) atoms.